The Hall–Kier alpha value is -2.73. The van der Waals surface area contributed by atoms with Crippen LogP contribution in [-0.2, 0) is 34.3 Å². The monoisotopic (exact) mass is 622 g/mol. The van der Waals surface area contributed by atoms with Crippen LogP contribution in [0.5, 0.6) is 11.5 Å². The number of esters is 2. The number of hydrogen-bond acceptors (Lipinski definition) is 11. The van der Waals surface area contributed by atoms with E-state index in [2.05, 4.69) is 13.8 Å². The van der Waals surface area contributed by atoms with E-state index in [9.17, 15) is 14.4 Å². The minimum absolute atomic E-state index is 0.00745. The van der Waals surface area contributed by atoms with E-state index in [1.165, 1.54) is 23.5 Å². The topological polar surface area (TPSA) is 107 Å². The van der Waals surface area contributed by atoms with E-state index in [0.29, 0.717) is 43.5 Å². The molecule has 42 heavy (non-hydrogen) atoms. The molecule has 1 aliphatic heterocycles. The lowest BCUT2D eigenvalue weighted by Crippen LogP contribution is -2.47. The second kappa shape index (κ2) is 18.0. The van der Waals surface area contributed by atoms with Crippen molar-refractivity contribution in [2.45, 2.75) is 33.5 Å². The molecule has 1 heterocycles. The van der Waals surface area contributed by atoms with Crippen LogP contribution in [0, 0.1) is 5.41 Å². The largest absolute Gasteiger partial charge is 0.497 e. The quantitative estimate of drug-likeness (QED) is 0.200. The third kappa shape index (κ3) is 11.9. The van der Waals surface area contributed by atoms with Crippen molar-refractivity contribution in [2.75, 3.05) is 63.7 Å². The molecule has 232 valence electrons. The Morgan fingerprint density at radius 2 is 1.21 bits per heavy atom. The van der Waals surface area contributed by atoms with E-state index in [1.807, 2.05) is 24.3 Å². The average molecular weight is 623 g/mol. The normalized spacial score (nSPS) is 15.0. The molecule has 0 radical (unpaired) electrons. The zero-order valence-electron chi connectivity index (χ0n) is 25.3. The summed E-state index contributed by atoms with van der Waals surface area (Å²) in [6.45, 7) is 9.73. The molecule has 1 fully saturated rings. The van der Waals surface area contributed by atoms with Crippen molar-refractivity contribution in [1.29, 1.82) is 0 Å². The van der Waals surface area contributed by atoms with Gasteiger partial charge in [0, 0.05) is 16.5 Å². The van der Waals surface area contributed by atoms with E-state index >= 15 is 0 Å². The molecule has 0 N–H and O–H groups in total. The summed E-state index contributed by atoms with van der Waals surface area (Å²) in [4.78, 5) is 34.4. The molecule has 3 rings (SSSR count). The molecule has 0 amide bonds. The Balaban J connectivity index is 0.000000307. The van der Waals surface area contributed by atoms with Gasteiger partial charge in [-0.2, -0.15) is 0 Å². The highest BCUT2D eigenvalue weighted by Gasteiger charge is 2.42. The fraction of sp³-hybridized carbons (Fsp3) is 0.516. The first-order valence-electron chi connectivity index (χ1n) is 13.6. The first kappa shape index (κ1) is 35.5. The fourth-order valence-corrected chi connectivity index (χ4v) is 5.31. The molecule has 0 aliphatic carbocycles. The average Bonchev–Trinajstić information content (AvgIpc) is 2.99. The predicted octanol–water partition coefficient (Wildman–Crippen LogP) is 5.39. The highest BCUT2D eigenvalue weighted by Crippen LogP contribution is 2.39. The molecule has 0 atom stereocenters. The summed E-state index contributed by atoms with van der Waals surface area (Å²) in [6.07, 6.45) is 0. The number of carbonyl (C=O) groups is 3. The smallest absolute Gasteiger partial charge is 0.315 e. The highest BCUT2D eigenvalue weighted by atomic mass is 32.2. The van der Waals surface area contributed by atoms with Gasteiger partial charge < -0.3 is 28.4 Å². The minimum atomic E-state index is -0.848. The van der Waals surface area contributed by atoms with Gasteiger partial charge in [0.25, 0.3) is 0 Å². The van der Waals surface area contributed by atoms with E-state index in [4.69, 9.17) is 28.4 Å². The van der Waals surface area contributed by atoms with E-state index in [1.54, 1.807) is 52.3 Å². The van der Waals surface area contributed by atoms with Gasteiger partial charge >= 0.3 is 11.9 Å². The molecule has 2 aromatic carbocycles. The zero-order chi connectivity index (χ0) is 31.0. The predicted molar refractivity (Wildman–Crippen MR) is 166 cm³/mol. The van der Waals surface area contributed by atoms with Gasteiger partial charge in [-0.25, -0.2) is 0 Å². The molecular formula is C31H42O9S2. The maximum atomic E-state index is 11.8. The lowest BCUT2D eigenvalue weighted by Gasteiger charge is -2.43. The van der Waals surface area contributed by atoms with Crippen molar-refractivity contribution in [1.82, 2.24) is 0 Å². The van der Waals surface area contributed by atoms with Crippen molar-refractivity contribution in [2.24, 2.45) is 5.41 Å². The number of ketones is 1. The Bertz CT molecular complexity index is 1110. The summed E-state index contributed by atoms with van der Waals surface area (Å²) in [5, 5.41) is 0. The van der Waals surface area contributed by atoms with Gasteiger partial charge in [-0.1, -0.05) is 13.8 Å². The van der Waals surface area contributed by atoms with Crippen LogP contribution in [0.3, 0.4) is 0 Å². The Labute approximate surface area is 257 Å². The van der Waals surface area contributed by atoms with Gasteiger partial charge in [0.15, 0.2) is 5.78 Å². The molecular weight excluding hydrogens is 580 g/mol. The van der Waals surface area contributed by atoms with Crippen LogP contribution in [0.2, 0.25) is 0 Å². The van der Waals surface area contributed by atoms with Crippen molar-refractivity contribution in [3.63, 3.8) is 0 Å². The number of carbonyl (C=O) groups excluding carboxylic acids is 3. The van der Waals surface area contributed by atoms with E-state index in [-0.39, 0.29) is 40.4 Å². The van der Waals surface area contributed by atoms with Crippen LogP contribution < -0.4 is 9.47 Å². The van der Waals surface area contributed by atoms with E-state index < -0.39 is 5.79 Å². The van der Waals surface area contributed by atoms with Gasteiger partial charge in [-0.15, -0.1) is 23.5 Å². The first-order valence-corrected chi connectivity index (χ1v) is 16.0. The Kier molecular flexibility index (Phi) is 15.2. The Morgan fingerprint density at radius 3 is 1.69 bits per heavy atom. The number of rotatable bonds is 14. The van der Waals surface area contributed by atoms with Gasteiger partial charge in [0.05, 0.1) is 63.7 Å². The first-order chi connectivity index (χ1) is 20.1. The zero-order valence-corrected chi connectivity index (χ0v) is 26.9. The van der Waals surface area contributed by atoms with Gasteiger partial charge in [-0.3, -0.25) is 14.4 Å². The minimum Gasteiger partial charge on any atom is -0.497 e. The highest BCUT2D eigenvalue weighted by molar-refractivity contribution is 8.00. The fourth-order valence-electron chi connectivity index (χ4n) is 3.65. The summed E-state index contributed by atoms with van der Waals surface area (Å²) in [6, 6.07) is 14.6. The summed E-state index contributed by atoms with van der Waals surface area (Å²) in [5.41, 5.74) is 1.52. The second-order valence-electron chi connectivity index (χ2n) is 9.97. The van der Waals surface area contributed by atoms with Gasteiger partial charge in [0.2, 0.25) is 5.79 Å². The Morgan fingerprint density at radius 1 is 0.738 bits per heavy atom. The lowest BCUT2D eigenvalue weighted by molar-refractivity contribution is -0.295. The molecule has 9 nitrogen and oxygen atoms in total. The van der Waals surface area contributed by atoms with Crippen molar-refractivity contribution in [3.05, 3.63) is 59.7 Å². The van der Waals surface area contributed by atoms with Crippen LogP contribution in [0.15, 0.2) is 48.5 Å². The van der Waals surface area contributed by atoms with Crippen LogP contribution in [-0.4, -0.2) is 81.4 Å². The van der Waals surface area contributed by atoms with Crippen LogP contribution in [0.4, 0.5) is 0 Å². The summed E-state index contributed by atoms with van der Waals surface area (Å²) >= 11 is 2.71. The van der Waals surface area contributed by atoms with Crippen molar-refractivity contribution in [3.8, 4) is 11.5 Å². The molecule has 0 spiro atoms. The van der Waals surface area contributed by atoms with E-state index in [0.717, 1.165) is 11.3 Å². The summed E-state index contributed by atoms with van der Waals surface area (Å²) in [7, 11) is 3.21. The third-order valence-corrected chi connectivity index (χ3v) is 7.84. The van der Waals surface area contributed by atoms with Crippen molar-refractivity contribution < 1.29 is 42.8 Å². The number of Topliss-reactive ketones (excluding diaryl/α,β-unsaturated/α-hetero) is 1. The van der Waals surface area contributed by atoms with Gasteiger partial charge in [0.1, 0.15) is 11.5 Å². The number of methoxy groups -OCH3 is 2. The molecule has 0 bridgehead atoms. The number of thioether (sulfide) groups is 2. The summed E-state index contributed by atoms with van der Waals surface area (Å²) < 4.78 is 32.3. The molecule has 0 unspecified atom stereocenters. The standard InChI is InChI=1S/C18H26O5S.C13H16O4S/c1-5-21-16(19)10-24-13-18(22-11-17(2,3)12-23-18)14-6-8-15(20-4)9-7-14;1-3-17-13(15)9-18-8-12(14)10-4-6-11(16-2)7-5-10/h6-9H,5,10-13H2,1-4H3;4-7H,3,8-9H2,1-2H3. The second-order valence-corrected chi connectivity index (χ2v) is 11.9. The maximum absolute atomic E-state index is 11.8. The van der Waals surface area contributed by atoms with Crippen LogP contribution in [0.25, 0.3) is 0 Å². The number of benzene rings is 2. The maximum Gasteiger partial charge on any atom is 0.315 e. The molecule has 1 aliphatic rings. The van der Waals surface area contributed by atoms with Gasteiger partial charge in [-0.05, 0) is 62.4 Å². The van der Waals surface area contributed by atoms with Crippen LogP contribution in [0.1, 0.15) is 43.6 Å². The van der Waals surface area contributed by atoms with Crippen LogP contribution >= 0.6 is 23.5 Å². The third-order valence-electron chi connectivity index (χ3n) is 5.91. The number of hydrogen-bond donors (Lipinski definition) is 0. The molecule has 0 aromatic heterocycles. The van der Waals surface area contributed by atoms with Crippen molar-refractivity contribution >= 4 is 41.2 Å². The molecule has 0 saturated carbocycles. The SMILES string of the molecule is CCOC(=O)CSCC(=O)c1ccc(OC)cc1.CCOC(=O)CSCC1(c2ccc(OC)cc2)OCC(C)(C)CO1. The molecule has 2 aromatic rings. The lowest BCUT2D eigenvalue weighted by atomic mass is 9.93. The summed E-state index contributed by atoms with van der Waals surface area (Å²) in [5.74, 6) is 1.41. The number of ether oxygens (including phenoxy) is 6. The molecule has 1 saturated heterocycles. The molecule has 11 heteroatoms.